The molecule has 0 aliphatic carbocycles. The van der Waals surface area contributed by atoms with Gasteiger partial charge in [0.25, 0.3) is 6.20 Å². The minimum absolute atomic E-state index is 0.297. The van der Waals surface area contributed by atoms with Gasteiger partial charge in [0.15, 0.2) is 12.3 Å². The summed E-state index contributed by atoms with van der Waals surface area (Å²) >= 11 is 0. The number of urea groups is 1. The molecule has 6 heteroatoms. The van der Waals surface area contributed by atoms with E-state index < -0.39 is 0 Å². The summed E-state index contributed by atoms with van der Waals surface area (Å²) in [5.41, 5.74) is 0. The van der Waals surface area contributed by atoms with Crippen LogP contribution < -0.4 is 15.3 Å². The molecule has 12 heavy (non-hydrogen) atoms. The first kappa shape index (κ1) is 8.51. The van der Waals surface area contributed by atoms with E-state index in [2.05, 4.69) is 15.9 Å². The molecule has 1 heterocycles. The summed E-state index contributed by atoms with van der Waals surface area (Å²) in [5.74, 6) is 0.323. The van der Waals surface area contributed by atoms with Crippen molar-refractivity contribution in [1.82, 2.24) is 10.6 Å². The first-order chi connectivity index (χ1) is 5.72. The van der Waals surface area contributed by atoms with Crippen LogP contribution in [0.5, 0.6) is 0 Å². The molecular weight excluding hydrogens is 160 g/mol. The SMILES string of the molecule is CCNC(=O)Nc1c[n+](C)no1. The number of nitrogens with one attached hydrogen (secondary N) is 2. The van der Waals surface area contributed by atoms with Gasteiger partial charge in [-0.1, -0.05) is 4.68 Å². The van der Waals surface area contributed by atoms with Crippen LogP contribution in [0.3, 0.4) is 0 Å². The zero-order chi connectivity index (χ0) is 8.97. The lowest BCUT2D eigenvalue weighted by molar-refractivity contribution is -0.739. The smallest absolute Gasteiger partial charge is 0.321 e. The fourth-order valence-electron chi connectivity index (χ4n) is 0.697. The quantitative estimate of drug-likeness (QED) is 0.597. The number of hydrogen-bond acceptors (Lipinski definition) is 3. The van der Waals surface area contributed by atoms with Crippen molar-refractivity contribution in [3.63, 3.8) is 0 Å². The number of anilines is 1. The highest BCUT2D eigenvalue weighted by Crippen LogP contribution is 1.98. The van der Waals surface area contributed by atoms with Gasteiger partial charge in [0.05, 0.1) is 0 Å². The van der Waals surface area contributed by atoms with Crippen LogP contribution in [0.1, 0.15) is 6.92 Å². The normalized spacial score (nSPS) is 9.50. The predicted octanol–water partition coefficient (Wildman–Crippen LogP) is -0.360. The lowest BCUT2D eigenvalue weighted by atomic mass is 10.7. The molecule has 1 aromatic rings. The Labute approximate surface area is 69.5 Å². The molecule has 1 rings (SSSR count). The third kappa shape index (κ3) is 2.22. The van der Waals surface area contributed by atoms with E-state index in [9.17, 15) is 4.79 Å². The average molecular weight is 171 g/mol. The van der Waals surface area contributed by atoms with Gasteiger partial charge in [-0.15, -0.1) is 0 Å². The molecule has 66 valence electrons. The molecule has 2 N–H and O–H groups in total. The minimum Gasteiger partial charge on any atom is -0.338 e. The Morgan fingerprint density at radius 3 is 3.08 bits per heavy atom. The number of amides is 2. The van der Waals surface area contributed by atoms with Crippen LogP contribution in [0.4, 0.5) is 10.7 Å². The highest BCUT2D eigenvalue weighted by atomic mass is 16.5. The van der Waals surface area contributed by atoms with E-state index in [-0.39, 0.29) is 6.03 Å². The van der Waals surface area contributed by atoms with Crippen molar-refractivity contribution >= 4 is 11.9 Å². The summed E-state index contributed by atoms with van der Waals surface area (Å²) in [5, 5.41) is 8.55. The summed E-state index contributed by atoms with van der Waals surface area (Å²) in [6.07, 6.45) is 1.56. The molecule has 0 atom stereocenters. The van der Waals surface area contributed by atoms with E-state index in [1.54, 1.807) is 13.2 Å². The van der Waals surface area contributed by atoms with Crippen molar-refractivity contribution in [2.75, 3.05) is 11.9 Å². The number of carbonyl (C=O) groups excluding carboxylic acids is 1. The van der Waals surface area contributed by atoms with Crippen LogP contribution in [0.2, 0.25) is 0 Å². The van der Waals surface area contributed by atoms with Crippen molar-refractivity contribution in [2.24, 2.45) is 7.05 Å². The van der Waals surface area contributed by atoms with Gasteiger partial charge in [-0.05, 0) is 6.92 Å². The van der Waals surface area contributed by atoms with Crippen molar-refractivity contribution in [2.45, 2.75) is 6.92 Å². The maximum Gasteiger partial charge on any atom is 0.321 e. The molecular formula is C6H11N4O2+. The number of hydrogen-bond donors (Lipinski definition) is 2. The van der Waals surface area contributed by atoms with E-state index in [4.69, 9.17) is 4.52 Å². The van der Waals surface area contributed by atoms with Gasteiger partial charge in [0, 0.05) is 6.54 Å². The zero-order valence-corrected chi connectivity index (χ0v) is 7.00. The van der Waals surface area contributed by atoms with Crippen LogP contribution in [0.25, 0.3) is 0 Å². The van der Waals surface area contributed by atoms with E-state index in [0.29, 0.717) is 12.4 Å². The van der Waals surface area contributed by atoms with Gasteiger partial charge in [-0.3, -0.25) is 9.84 Å². The van der Waals surface area contributed by atoms with Gasteiger partial charge in [0.1, 0.15) is 0 Å². The van der Waals surface area contributed by atoms with E-state index in [1.165, 1.54) is 4.68 Å². The fraction of sp³-hybridized carbons (Fsp3) is 0.500. The monoisotopic (exact) mass is 171 g/mol. The highest BCUT2D eigenvalue weighted by Gasteiger charge is 2.08. The molecule has 0 radical (unpaired) electrons. The molecule has 0 bridgehead atoms. The number of aromatic nitrogens is 2. The highest BCUT2D eigenvalue weighted by molar-refractivity contribution is 5.87. The summed E-state index contributed by atoms with van der Waals surface area (Å²) in [7, 11) is 1.70. The van der Waals surface area contributed by atoms with Crippen molar-refractivity contribution in [3.05, 3.63) is 6.20 Å². The summed E-state index contributed by atoms with van der Waals surface area (Å²) in [6.45, 7) is 2.41. The molecule has 0 aromatic carbocycles. The Morgan fingerprint density at radius 1 is 1.83 bits per heavy atom. The van der Waals surface area contributed by atoms with E-state index in [1.807, 2.05) is 6.92 Å². The summed E-state index contributed by atoms with van der Waals surface area (Å²) in [4.78, 5) is 10.9. The largest absolute Gasteiger partial charge is 0.338 e. The summed E-state index contributed by atoms with van der Waals surface area (Å²) < 4.78 is 6.18. The first-order valence-corrected chi connectivity index (χ1v) is 3.60. The van der Waals surface area contributed by atoms with Crippen molar-refractivity contribution < 1.29 is 14.0 Å². The number of nitrogens with zero attached hydrogens (tertiary/aromatic N) is 2. The van der Waals surface area contributed by atoms with Gasteiger partial charge < -0.3 is 5.32 Å². The van der Waals surface area contributed by atoms with Crippen molar-refractivity contribution in [3.8, 4) is 0 Å². The maximum absolute atomic E-state index is 10.9. The van der Waals surface area contributed by atoms with Gasteiger partial charge in [-0.25, -0.2) is 4.79 Å². The van der Waals surface area contributed by atoms with Gasteiger partial charge in [-0.2, -0.15) is 0 Å². The Kier molecular flexibility index (Phi) is 2.62. The number of rotatable bonds is 2. The standard InChI is InChI=1S/C6H10N4O2/c1-3-7-6(11)8-5-4-10(2)9-12-5/h4H,3H2,1-2H3,(H-,7,8,9,11)/p+1. The Balaban J connectivity index is 2.46. The molecule has 0 aliphatic rings. The van der Waals surface area contributed by atoms with E-state index >= 15 is 0 Å². The third-order valence-corrected chi connectivity index (χ3v) is 1.15. The second-order valence-electron chi connectivity index (χ2n) is 2.22. The lowest BCUT2D eigenvalue weighted by Gasteiger charge is -1.98. The molecule has 1 aromatic heterocycles. The topological polar surface area (TPSA) is 71.0 Å². The van der Waals surface area contributed by atoms with Crippen molar-refractivity contribution in [1.29, 1.82) is 0 Å². The average Bonchev–Trinajstić information content (AvgIpc) is 2.36. The molecule has 2 amide bonds. The van der Waals surface area contributed by atoms with Crippen LogP contribution in [0.15, 0.2) is 10.7 Å². The Morgan fingerprint density at radius 2 is 2.58 bits per heavy atom. The van der Waals surface area contributed by atoms with Gasteiger partial charge in [0.2, 0.25) is 0 Å². The third-order valence-electron chi connectivity index (χ3n) is 1.15. The zero-order valence-electron chi connectivity index (χ0n) is 7.00. The first-order valence-electron chi connectivity index (χ1n) is 3.60. The lowest BCUT2D eigenvalue weighted by Crippen LogP contribution is -2.29. The van der Waals surface area contributed by atoms with Crippen LogP contribution in [0, 0.1) is 0 Å². The second-order valence-corrected chi connectivity index (χ2v) is 2.22. The molecule has 0 saturated carbocycles. The van der Waals surface area contributed by atoms with Crippen LogP contribution in [-0.2, 0) is 7.05 Å². The van der Waals surface area contributed by atoms with Gasteiger partial charge >= 0.3 is 11.9 Å². The molecule has 0 aliphatic heterocycles. The molecule has 0 fully saturated rings. The summed E-state index contributed by atoms with van der Waals surface area (Å²) in [6, 6.07) is -0.297. The number of carbonyl (C=O) groups is 1. The predicted molar refractivity (Wildman–Crippen MR) is 40.4 cm³/mol. The molecule has 0 saturated heterocycles. The second kappa shape index (κ2) is 3.70. The molecule has 0 spiro atoms. The minimum atomic E-state index is -0.297. The Bertz CT molecular complexity index is 270. The molecule has 0 unspecified atom stereocenters. The molecule has 6 nitrogen and oxygen atoms in total. The van der Waals surface area contributed by atoms with Crippen LogP contribution in [-0.4, -0.2) is 17.8 Å². The van der Waals surface area contributed by atoms with E-state index in [0.717, 1.165) is 0 Å². The number of aryl methyl sites for hydroxylation is 1. The Hall–Kier alpha value is -1.59. The maximum atomic E-state index is 10.9. The fourth-order valence-corrected chi connectivity index (χ4v) is 0.697. The van der Waals surface area contributed by atoms with Crippen LogP contribution >= 0.6 is 0 Å².